The van der Waals surface area contributed by atoms with Crippen molar-refractivity contribution in [3.63, 3.8) is 0 Å². The molecular formula is C15H13ClN2. The number of aryl methyl sites for hydroxylation is 2. The summed E-state index contributed by atoms with van der Waals surface area (Å²) in [4.78, 5) is 4.66. The van der Waals surface area contributed by atoms with Crippen molar-refractivity contribution in [1.29, 1.82) is 0 Å². The van der Waals surface area contributed by atoms with Crippen molar-refractivity contribution in [3.8, 4) is 11.4 Å². The molecule has 0 saturated carbocycles. The molecule has 90 valence electrons. The van der Waals surface area contributed by atoms with Crippen LogP contribution in [0.3, 0.4) is 0 Å². The lowest BCUT2D eigenvalue weighted by atomic mass is 10.1. The van der Waals surface area contributed by atoms with Crippen molar-refractivity contribution in [2.75, 3.05) is 0 Å². The van der Waals surface area contributed by atoms with E-state index in [1.165, 1.54) is 5.56 Å². The first-order chi connectivity index (χ1) is 8.65. The summed E-state index contributed by atoms with van der Waals surface area (Å²) >= 11 is 6.00. The molecule has 3 rings (SSSR count). The highest BCUT2D eigenvalue weighted by Crippen LogP contribution is 2.25. The summed E-state index contributed by atoms with van der Waals surface area (Å²) in [5, 5.41) is 0.719. The van der Waals surface area contributed by atoms with Crippen LogP contribution in [-0.4, -0.2) is 9.55 Å². The van der Waals surface area contributed by atoms with Crippen LogP contribution in [0.25, 0.3) is 22.4 Å². The van der Waals surface area contributed by atoms with E-state index in [4.69, 9.17) is 11.6 Å². The number of hydrogen-bond donors (Lipinski definition) is 0. The maximum absolute atomic E-state index is 6.00. The van der Waals surface area contributed by atoms with Crippen LogP contribution in [0.1, 0.15) is 5.56 Å². The minimum atomic E-state index is 0.719. The van der Waals surface area contributed by atoms with E-state index in [-0.39, 0.29) is 0 Å². The topological polar surface area (TPSA) is 17.8 Å². The molecule has 0 aliphatic carbocycles. The van der Waals surface area contributed by atoms with Crippen LogP contribution in [-0.2, 0) is 7.05 Å². The van der Waals surface area contributed by atoms with Crippen LogP contribution in [0.2, 0.25) is 5.02 Å². The lowest BCUT2D eigenvalue weighted by Gasteiger charge is -2.03. The molecule has 3 aromatic rings. The Bertz CT molecular complexity index is 728. The van der Waals surface area contributed by atoms with E-state index in [0.29, 0.717) is 0 Å². The average Bonchev–Trinajstić information content (AvgIpc) is 2.66. The number of benzene rings is 2. The maximum Gasteiger partial charge on any atom is 0.140 e. The van der Waals surface area contributed by atoms with Crippen LogP contribution in [0, 0.1) is 6.92 Å². The molecule has 0 spiro atoms. The fourth-order valence-corrected chi connectivity index (χ4v) is 2.38. The van der Waals surface area contributed by atoms with Gasteiger partial charge in [-0.25, -0.2) is 4.98 Å². The summed E-state index contributed by atoms with van der Waals surface area (Å²) in [5.74, 6) is 0.968. The number of fused-ring (bicyclic) bond motifs is 1. The zero-order valence-corrected chi connectivity index (χ0v) is 11.1. The second-order valence-electron chi connectivity index (χ2n) is 4.50. The maximum atomic E-state index is 6.00. The minimum Gasteiger partial charge on any atom is -0.327 e. The normalized spacial score (nSPS) is 11.1. The largest absolute Gasteiger partial charge is 0.327 e. The second kappa shape index (κ2) is 4.14. The van der Waals surface area contributed by atoms with Gasteiger partial charge in [-0.2, -0.15) is 0 Å². The Hall–Kier alpha value is -1.80. The molecule has 0 N–H and O–H groups in total. The van der Waals surface area contributed by atoms with Crippen LogP contribution in [0.15, 0.2) is 42.5 Å². The molecule has 0 aliphatic rings. The smallest absolute Gasteiger partial charge is 0.140 e. The van der Waals surface area contributed by atoms with E-state index < -0.39 is 0 Å². The van der Waals surface area contributed by atoms with Gasteiger partial charge >= 0.3 is 0 Å². The molecule has 0 amide bonds. The third-order valence-electron chi connectivity index (χ3n) is 3.12. The van der Waals surface area contributed by atoms with Gasteiger partial charge in [0.05, 0.1) is 11.0 Å². The van der Waals surface area contributed by atoms with Gasteiger partial charge in [-0.05, 0) is 31.2 Å². The molecular weight excluding hydrogens is 244 g/mol. The first-order valence-corrected chi connectivity index (χ1v) is 6.22. The molecule has 0 atom stereocenters. The molecule has 0 fully saturated rings. The third-order valence-corrected chi connectivity index (χ3v) is 3.35. The molecule has 0 aliphatic heterocycles. The van der Waals surface area contributed by atoms with Crippen molar-refractivity contribution in [2.45, 2.75) is 6.92 Å². The van der Waals surface area contributed by atoms with Crippen molar-refractivity contribution >= 4 is 22.6 Å². The van der Waals surface area contributed by atoms with Gasteiger partial charge in [0.2, 0.25) is 0 Å². The van der Waals surface area contributed by atoms with Gasteiger partial charge in [-0.3, -0.25) is 0 Å². The van der Waals surface area contributed by atoms with Crippen LogP contribution in [0.4, 0.5) is 0 Å². The van der Waals surface area contributed by atoms with E-state index in [0.717, 1.165) is 27.4 Å². The molecule has 1 heterocycles. The fourth-order valence-electron chi connectivity index (χ4n) is 2.22. The van der Waals surface area contributed by atoms with Crippen LogP contribution in [0.5, 0.6) is 0 Å². The summed E-state index contributed by atoms with van der Waals surface area (Å²) in [6, 6.07) is 14.2. The molecule has 0 bridgehead atoms. The Morgan fingerprint density at radius 3 is 2.72 bits per heavy atom. The first-order valence-electron chi connectivity index (χ1n) is 5.84. The van der Waals surface area contributed by atoms with Gasteiger partial charge < -0.3 is 4.57 Å². The average molecular weight is 257 g/mol. The van der Waals surface area contributed by atoms with Crippen molar-refractivity contribution < 1.29 is 0 Å². The highest BCUT2D eigenvalue weighted by atomic mass is 35.5. The van der Waals surface area contributed by atoms with Gasteiger partial charge in [0.15, 0.2) is 0 Å². The summed E-state index contributed by atoms with van der Waals surface area (Å²) in [6.07, 6.45) is 0. The summed E-state index contributed by atoms with van der Waals surface area (Å²) in [5.41, 5.74) is 4.39. The monoisotopic (exact) mass is 256 g/mol. The Kier molecular flexibility index (Phi) is 2.60. The fraction of sp³-hybridized carbons (Fsp3) is 0.133. The number of hydrogen-bond acceptors (Lipinski definition) is 1. The van der Waals surface area contributed by atoms with E-state index >= 15 is 0 Å². The second-order valence-corrected chi connectivity index (χ2v) is 4.93. The molecule has 0 unspecified atom stereocenters. The number of nitrogens with zero attached hydrogens (tertiary/aromatic N) is 2. The van der Waals surface area contributed by atoms with Gasteiger partial charge in [-0.15, -0.1) is 0 Å². The standard InChI is InChI=1S/C15H13ClN2/c1-10-4-3-5-11(8-10)15-17-13-9-12(16)6-7-14(13)18(15)2/h3-9H,1-2H3. The highest BCUT2D eigenvalue weighted by Gasteiger charge is 2.09. The zero-order chi connectivity index (χ0) is 12.7. The Morgan fingerprint density at radius 2 is 1.94 bits per heavy atom. The SMILES string of the molecule is Cc1cccc(-c2nc3cc(Cl)ccc3n2C)c1. The first kappa shape index (κ1) is 11.3. The molecule has 2 nitrogen and oxygen atoms in total. The lowest BCUT2D eigenvalue weighted by molar-refractivity contribution is 0.959. The van der Waals surface area contributed by atoms with Gasteiger partial charge in [0.1, 0.15) is 5.82 Å². The van der Waals surface area contributed by atoms with Crippen molar-refractivity contribution in [1.82, 2.24) is 9.55 Å². The van der Waals surface area contributed by atoms with Crippen LogP contribution >= 0.6 is 11.6 Å². The van der Waals surface area contributed by atoms with Gasteiger partial charge in [0, 0.05) is 17.6 Å². The van der Waals surface area contributed by atoms with Crippen LogP contribution < -0.4 is 0 Å². The zero-order valence-electron chi connectivity index (χ0n) is 10.3. The summed E-state index contributed by atoms with van der Waals surface area (Å²) < 4.78 is 2.10. The predicted octanol–water partition coefficient (Wildman–Crippen LogP) is 4.20. The van der Waals surface area contributed by atoms with E-state index in [1.807, 2.05) is 25.2 Å². The molecule has 0 radical (unpaired) electrons. The van der Waals surface area contributed by atoms with Gasteiger partial charge in [-0.1, -0.05) is 35.4 Å². The minimum absolute atomic E-state index is 0.719. The highest BCUT2D eigenvalue weighted by molar-refractivity contribution is 6.31. The van der Waals surface area contributed by atoms with Crippen molar-refractivity contribution in [2.24, 2.45) is 7.05 Å². The molecule has 0 saturated heterocycles. The predicted molar refractivity (Wildman–Crippen MR) is 75.9 cm³/mol. The summed E-state index contributed by atoms with van der Waals surface area (Å²) in [6.45, 7) is 2.09. The molecule has 18 heavy (non-hydrogen) atoms. The number of rotatable bonds is 1. The van der Waals surface area contributed by atoms with E-state index in [2.05, 4.69) is 40.7 Å². The van der Waals surface area contributed by atoms with E-state index in [9.17, 15) is 0 Å². The van der Waals surface area contributed by atoms with E-state index in [1.54, 1.807) is 0 Å². The summed E-state index contributed by atoms with van der Waals surface area (Å²) in [7, 11) is 2.03. The number of imidazole rings is 1. The third kappa shape index (κ3) is 1.79. The molecule has 1 aromatic heterocycles. The lowest BCUT2D eigenvalue weighted by Crippen LogP contribution is -1.92. The Labute approximate surface area is 111 Å². The van der Waals surface area contributed by atoms with Crippen molar-refractivity contribution in [3.05, 3.63) is 53.1 Å². The Balaban J connectivity index is 2.27. The number of aromatic nitrogens is 2. The Morgan fingerprint density at radius 1 is 1.11 bits per heavy atom. The quantitative estimate of drug-likeness (QED) is 0.638. The molecule has 2 aromatic carbocycles. The van der Waals surface area contributed by atoms with Gasteiger partial charge in [0.25, 0.3) is 0 Å². The number of halogens is 1. The molecule has 3 heteroatoms.